The van der Waals surface area contributed by atoms with Crippen molar-refractivity contribution in [2.75, 3.05) is 13.2 Å². The van der Waals surface area contributed by atoms with E-state index in [9.17, 15) is 60.1 Å². The van der Waals surface area contributed by atoms with E-state index in [-0.39, 0.29) is 45.4 Å². The minimum atomic E-state index is -11.2. The van der Waals surface area contributed by atoms with Crippen LogP contribution in [0.2, 0.25) is 0 Å². The van der Waals surface area contributed by atoms with Crippen molar-refractivity contribution in [2.45, 2.75) is 78.5 Å². The molecule has 2 rings (SSSR count). The van der Waals surface area contributed by atoms with E-state index in [4.69, 9.17) is 45.4 Å². The van der Waals surface area contributed by atoms with E-state index in [2.05, 4.69) is 55.4 Å². The summed E-state index contributed by atoms with van der Waals surface area (Å²) in [6.07, 6.45) is 0. The van der Waals surface area contributed by atoms with Gasteiger partial charge in [-0.05, 0) is 24.7 Å². The molecule has 2 atom stereocenters. The summed E-state index contributed by atoms with van der Waals surface area (Å²) in [6.45, 7) is 18.6. The Morgan fingerprint density at radius 3 is 0.788 bits per heavy atom. The van der Waals surface area contributed by atoms with Crippen LogP contribution in [0, 0.1) is 16.2 Å². The van der Waals surface area contributed by atoms with Gasteiger partial charge < -0.3 is 9.47 Å². The second kappa shape index (κ2) is 15.5. The quantitative estimate of drug-likeness (QED) is 0.121. The fourth-order valence-electron chi connectivity index (χ4n) is 2.41. The summed E-state index contributed by atoms with van der Waals surface area (Å²) < 4.78 is 246. The van der Waals surface area contributed by atoms with Crippen LogP contribution in [0.25, 0.3) is 0 Å². The van der Waals surface area contributed by atoms with Gasteiger partial charge in [-0.3, -0.25) is 9.11 Å². The van der Waals surface area contributed by atoms with Crippen LogP contribution in [0.15, 0.2) is 9.98 Å². The van der Waals surface area contributed by atoms with Crippen LogP contribution in [0.4, 0.5) is 60.1 Å². The molecule has 2 aliphatic heterocycles. The van der Waals surface area contributed by atoms with Crippen molar-refractivity contribution in [3.8, 4) is 0 Å². The molecule has 2 N–H and O–H groups in total. The first-order valence-corrected chi connectivity index (χ1v) is 26.9. The Morgan fingerprint density at radius 1 is 0.538 bits per heavy atom. The van der Waals surface area contributed by atoms with Gasteiger partial charge >= 0.3 is 104 Å². The number of halogens is 18. The zero-order chi connectivity index (χ0) is 42.9. The van der Waals surface area contributed by atoms with Crippen LogP contribution in [0.5, 0.6) is 0 Å². The van der Waals surface area contributed by atoms with Gasteiger partial charge in [0.2, 0.25) is 0 Å². The molecule has 2 aliphatic rings. The van der Waals surface area contributed by atoms with E-state index in [0.29, 0.717) is 13.2 Å². The zero-order valence-electron chi connectivity index (χ0n) is 27.1. The summed E-state index contributed by atoms with van der Waals surface area (Å²) in [5.41, 5.74) is -11.2. The van der Waals surface area contributed by atoms with Gasteiger partial charge in [0.05, 0.1) is 12.1 Å². The maximum absolute atomic E-state index is 11.2. The standard InChI is InChI=1S/C17H30N2O2.2CHF3O3S.Cu.12FH.2Sb/c1-15(2,3)11-9-20-13(18-11)17(7,8)14-19-12(10-21-14)16(4,5)6;2*2-1(3,4)8(5,6)7;;;;;;;;;;;;;;;/h11-12H,9-10H2,1-8H3;2*(H,5,6,7);;12*1H;;/q;;;;;;;;;;;;;;;;2*+5/p-12/t11-,12-;;;;;;;;;;;;;;;;;/m1................./s1. The third-order valence-corrected chi connectivity index (χ3v) is 6.13. The van der Waals surface area contributed by atoms with Crippen molar-refractivity contribution >= 4 is 71.0 Å². The molecule has 52 heavy (non-hydrogen) atoms. The third kappa shape index (κ3) is 33.0. The number of hydrogen-bond acceptors (Lipinski definition) is 8. The molecule has 0 amide bonds. The van der Waals surface area contributed by atoms with E-state index in [1.807, 2.05) is 0 Å². The molecular weight excluding hydrogens is 1100 g/mol. The summed E-state index contributed by atoms with van der Waals surface area (Å²) in [4.78, 5) is 9.59. The molecule has 0 aromatic heterocycles. The normalized spacial score (nSPS) is 21.5. The summed E-state index contributed by atoms with van der Waals surface area (Å²) in [5, 5.41) is 0. The molecule has 0 saturated heterocycles. The van der Waals surface area contributed by atoms with Crippen LogP contribution in [0.1, 0.15) is 55.4 Å². The molecule has 0 unspecified atom stereocenters. The number of ether oxygens (including phenoxy) is 2. The Labute approximate surface area is 299 Å². The SMILES string of the molecule is CC(C)(C1=N[C@@H](C(C)(C)C)CO1)C1=N[C@@H](C(C)(C)C)CO1.O=S(=O)(O)C(F)(F)F.O=S(=O)(O)C(F)(F)F.[Cu].[F][Sb-]([F])([F])([F])([F])[F].[F][Sb-]([F])([F])([F])([F])[F]. The molecule has 33 heteroatoms. The average Bonchev–Trinajstić information content (AvgIpc) is 3.37. The van der Waals surface area contributed by atoms with E-state index >= 15 is 0 Å². The van der Waals surface area contributed by atoms with Crippen LogP contribution >= 0.6 is 0 Å². The van der Waals surface area contributed by atoms with Gasteiger partial charge in [-0.15, -0.1) is 0 Å². The summed E-state index contributed by atoms with van der Waals surface area (Å²) in [7, 11) is -11.7. The van der Waals surface area contributed by atoms with Crippen molar-refractivity contribution in [3.05, 3.63) is 0 Å². The van der Waals surface area contributed by atoms with Crippen molar-refractivity contribution in [1.82, 2.24) is 0 Å². The summed E-state index contributed by atoms with van der Waals surface area (Å²) >= 11 is -22.5. The number of nitrogens with zero attached hydrogens (tertiary/aromatic N) is 2. The first kappa shape index (κ1) is 58.4. The number of alkyl halides is 6. The van der Waals surface area contributed by atoms with Gasteiger partial charge in [0.25, 0.3) is 0 Å². The Morgan fingerprint density at radius 2 is 0.692 bits per heavy atom. The maximum atomic E-state index is 10.7. The van der Waals surface area contributed by atoms with Crippen LogP contribution in [-0.2, 0) is 46.8 Å². The van der Waals surface area contributed by atoms with Crippen molar-refractivity contribution in [1.29, 1.82) is 0 Å². The third-order valence-electron chi connectivity index (χ3n) is 4.96. The topological polar surface area (TPSA) is 152 Å². The van der Waals surface area contributed by atoms with E-state index in [1.54, 1.807) is 0 Å². The fourth-order valence-corrected chi connectivity index (χ4v) is 2.41. The van der Waals surface area contributed by atoms with E-state index < -0.39 is 70.2 Å². The summed E-state index contributed by atoms with van der Waals surface area (Å²) in [5.74, 6) is 1.52. The molecule has 1 radical (unpaired) electrons. The molecule has 0 aromatic rings. The van der Waals surface area contributed by atoms with Gasteiger partial charge in [-0.1, -0.05) is 41.5 Å². The van der Waals surface area contributed by atoms with Gasteiger partial charge in [0.15, 0.2) is 11.8 Å². The first-order valence-electron chi connectivity index (χ1n) is 12.4. The monoisotopic (exact) mass is 1130 g/mol. The van der Waals surface area contributed by atoms with E-state index in [1.165, 1.54) is 0 Å². The average molecular weight is 1130 g/mol. The van der Waals surface area contributed by atoms with Gasteiger partial charge in [-0.2, -0.15) is 43.2 Å². The predicted molar refractivity (Wildman–Crippen MR) is 147 cm³/mol. The molecule has 0 aromatic carbocycles. The molecule has 0 bridgehead atoms. The van der Waals surface area contributed by atoms with Gasteiger partial charge in [0.1, 0.15) is 18.6 Å². The van der Waals surface area contributed by atoms with Crippen molar-refractivity contribution in [3.63, 3.8) is 0 Å². The Kier molecular flexibility index (Phi) is 17.4. The molecular formula is C19H32CuF18N2O8S2Sb2-2. The second-order valence-corrected chi connectivity index (χ2v) is 26.4. The number of aliphatic imine (C=N–C) groups is 2. The first-order chi connectivity index (χ1) is 20.8. The second-order valence-electron chi connectivity index (χ2n) is 12.6. The minimum absolute atomic E-state index is 0. The van der Waals surface area contributed by atoms with Crippen molar-refractivity contribution in [2.24, 2.45) is 26.2 Å². The fraction of sp³-hybridized carbons (Fsp3) is 0.895. The molecule has 327 valence electrons. The molecule has 2 heterocycles. The number of rotatable bonds is 2. The molecule has 10 nitrogen and oxygen atoms in total. The molecule has 0 saturated carbocycles. The molecule has 0 fully saturated rings. The van der Waals surface area contributed by atoms with Crippen LogP contribution in [-0.4, -0.2) is 113 Å². The number of hydrogen-bond donors (Lipinski definition) is 2. The molecule has 0 spiro atoms. The Hall–Kier alpha value is -0.344. The van der Waals surface area contributed by atoms with Gasteiger partial charge in [0, 0.05) is 17.1 Å². The Bertz CT molecular complexity index is 1360. The van der Waals surface area contributed by atoms with Crippen LogP contribution in [0.3, 0.4) is 0 Å². The predicted octanol–water partition coefficient (Wildman–Crippen LogP) is 8.77. The van der Waals surface area contributed by atoms with Crippen molar-refractivity contribution < 1.29 is 113 Å². The zero-order valence-corrected chi connectivity index (χ0v) is 34.8. The molecule has 0 aliphatic carbocycles. The summed E-state index contributed by atoms with van der Waals surface area (Å²) in [6, 6.07) is 0.402. The Balaban J connectivity index is -0.000000311. The van der Waals surface area contributed by atoms with Crippen LogP contribution < -0.4 is 0 Å². The van der Waals surface area contributed by atoms with Gasteiger partial charge in [-0.25, -0.2) is 9.98 Å². The van der Waals surface area contributed by atoms with E-state index in [0.717, 1.165) is 11.8 Å².